The lowest BCUT2D eigenvalue weighted by Gasteiger charge is -2.37. The maximum absolute atomic E-state index is 12.4. The summed E-state index contributed by atoms with van der Waals surface area (Å²) in [6.45, 7) is 4.42. The van der Waals surface area contributed by atoms with Crippen molar-refractivity contribution in [1.82, 2.24) is 15.1 Å². The van der Waals surface area contributed by atoms with Gasteiger partial charge in [-0.05, 0) is 30.8 Å². The van der Waals surface area contributed by atoms with Crippen molar-refractivity contribution in [3.8, 4) is 0 Å². The van der Waals surface area contributed by atoms with E-state index >= 15 is 0 Å². The van der Waals surface area contributed by atoms with Gasteiger partial charge in [-0.2, -0.15) is 0 Å². The molecule has 1 unspecified atom stereocenters. The van der Waals surface area contributed by atoms with Gasteiger partial charge in [-0.3, -0.25) is 9.59 Å². The van der Waals surface area contributed by atoms with Crippen LogP contribution in [0.25, 0.3) is 0 Å². The molecule has 0 saturated carbocycles. The molecular weight excluding hydrogens is 322 g/mol. The first-order valence-electron chi connectivity index (χ1n) is 7.58. The summed E-state index contributed by atoms with van der Waals surface area (Å²) in [6.07, 6.45) is 2.06. The molecule has 0 radical (unpaired) electrons. The lowest BCUT2D eigenvalue weighted by atomic mass is 9.98. The molecule has 2 saturated heterocycles. The first-order valence-corrected chi connectivity index (χ1v) is 8.46. The molecule has 0 bridgehead atoms. The zero-order chi connectivity index (χ0) is 14.7. The van der Waals surface area contributed by atoms with E-state index in [-0.39, 0.29) is 30.1 Å². The van der Waals surface area contributed by atoms with Gasteiger partial charge in [0.2, 0.25) is 5.91 Å². The van der Waals surface area contributed by atoms with Crippen LogP contribution in [0.5, 0.6) is 0 Å². The second-order valence-electron chi connectivity index (χ2n) is 5.64. The van der Waals surface area contributed by atoms with E-state index in [1.165, 1.54) is 11.3 Å². The lowest BCUT2D eigenvalue weighted by Crippen LogP contribution is -2.53. The number of nitrogens with zero attached hydrogens (tertiary/aromatic N) is 2. The molecule has 0 aromatic carbocycles. The van der Waals surface area contributed by atoms with Gasteiger partial charge in [0.15, 0.2) is 0 Å². The fourth-order valence-corrected chi connectivity index (χ4v) is 3.70. The Morgan fingerprint density at radius 3 is 2.50 bits per heavy atom. The standard InChI is InChI=1S/C15H21N3O2S.ClH/c19-14(12-3-1-5-16-11-12)17-6-8-18(9-7-17)15(20)13-4-2-10-21-13;/h2,4,10,12,16H,1,3,5-9,11H2;1H. The molecule has 1 aromatic heterocycles. The summed E-state index contributed by atoms with van der Waals surface area (Å²) >= 11 is 1.47. The van der Waals surface area contributed by atoms with Crippen molar-refractivity contribution >= 4 is 35.6 Å². The molecular formula is C15H22ClN3O2S. The molecule has 2 amide bonds. The van der Waals surface area contributed by atoms with E-state index in [1.54, 1.807) is 0 Å². The molecule has 2 aliphatic rings. The van der Waals surface area contributed by atoms with E-state index in [0.29, 0.717) is 26.2 Å². The maximum Gasteiger partial charge on any atom is 0.264 e. The molecule has 122 valence electrons. The van der Waals surface area contributed by atoms with Gasteiger partial charge in [-0.15, -0.1) is 23.7 Å². The minimum Gasteiger partial charge on any atom is -0.339 e. The molecule has 5 nitrogen and oxygen atoms in total. The van der Waals surface area contributed by atoms with Crippen molar-refractivity contribution < 1.29 is 9.59 Å². The van der Waals surface area contributed by atoms with E-state index in [2.05, 4.69) is 5.32 Å². The Bertz CT molecular complexity index is 495. The second kappa shape index (κ2) is 7.94. The normalized spacial score (nSPS) is 22.1. The van der Waals surface area contributed by atoms with Crippen LogP contribution in [-0.4, -0.2) is 60.9 Å². The molecule has 1 aromatic rings. The van der Waals surface area contributed by atoms with Crippen LogP contribution in [-0.2, 0) is 4.79 Å². The fourth-order valence-electron chi connectivity index (χ4n) is 3.01. The minimum atomic E-state index is 0. The monoisotopic (exact) mass is 343 g/mol. The minimum absolute atomic E-state index is 0. The Hall–Kier alpha value is -1.11. The highest BCUT2D eigenvalue weighted by Crippen LogP contribution is 2.17. The van der Waals surface area contributed by atoms with Crippen LogP contribution in [0.3, 0.4) is 0 Å². The van der Waals surface area contributed by atoms with E-state index in [1.807, 2.05) is 27.3 Å². The van der Waals surface area contributed by atoms with Gasteiger partial charge < -0.3 is 15.1 Å². The third-order valence-corrected chi connectivity index (χ3v) is 5.11. The van der Waals surface area contributed by atoms with Crippen molar-refractivity contribution in [2.24, 2.45) is 5.92 Å². The number of hydrogen-bond donors (Lipinski definition) is 1. The smallest absolute Gasteiger partial charge is 0.264 e. The number of nitrogens with one attached hydrogen (secondary N) is 1. The Morgan fingerprint density at radius 2 is 1.91 bits per heavy atom. The second-order valence-corrected chi connectivity index (χ2v) is 6.59. The molecule has 3 rings (SSSR count). The first-order chi connectivity index (χ1) is 10.3. The van der Waals surface area contributed by atoms with Crippen LogP contribution in [0, 0.1) is 5.92 Å². The Kier molecular flexibility index (Phi) is 6.23. The van der Waals surface area contributed by atoms with Gasteiger partial charge >= 0.3 is 0 Å². The van der Waals surface area contributed by atoms with Crippen molar-refractivity contribution in [3.63, 3.8) is 0 Å². The third kappa shape index (κ3) is 3.80. The SMILES string of the molecule is Cl.O=C(c1cccs1)N1CCN(C(=O)C2CCCNC2)CC1. The fraction of sp³-hybridized carbons (Fsp3) is 0.600. The molecule has 2 aliphatic heterocycles. The first kappa shape index (κ1) is 17.2. The summed E-state index contributed by atoms with van der Waals surface area (Å²) in [7, 11) is 0. The van der Waals surface area contributed by atoms with E-state index in [0.717, 1.165) is 30.8 Å². The quantitative estimate of drug-likeness (QED) is 0.884. The molecule has 1 N–H and O–H groups in total. The average Bonchev–Trinajstić information content (AvgIpc) is 3.09. The zero-order valence-electron chi connectivity index (χ0n) is 12.5. The number of thiophene rings is 1. The predicted molar refractivity (Wildman–Crippen MR) is 89.6 cm³/mol. The van der Waals surface area contributed by atoms with Crippen LogP contribution in [0.15, 0.2) is 17.5 Å². The van der Waals surface area contributed by atoms with Crippen LogP contribution in [0.2, 0.25) is 0 Å². The Labute approximate surface area is 141 Å². The van der Waals surface area contributed by atoms with Gasteiger partial charge in [0, 0.05) is 32.7 Å². The van der Waals surface area contributed by atoms with Crippen molar-refractivity contribution in [2.45, 2.75) is 12.8 Å². The van der Waals surface area contributed by atoms with Crippen LogP contribution < -0.4 is 5.32 Å². The lowest BCUT2D eigenvalue weighted by molar-refractivity contribution is -0.137. The topological polar surface area (TPSA) is 52.7 Å². The molecule has 7 heteroatoms. The number of halogens is 1. The summed E-state index contributed by atoms with van der Waals surface area (Å²) in [5, 5.41) is 5.21. The van der Waals surface area contributed by atoms with Crippen molar-refractivity contribution in [2.75, 3.05) is 39.3 Å². The largest absolute Gasteiger partial charge is 0.339 e. The van der Waals surface area contributed by atoms with E-state index < -0.39 is 0 Å². The number of carbonyl (C=O) groups excluding carboxylic acids is 2. The number of carbonyl (C=O) groups is 2. The number of rotatable bonds is 2. The summed E-state index contributed by atoms with van der Waals surface area (Å²) in [6, 6.07) is 3.76. The number of piperazine rings is 1. The van der Waals surface area contributed by atoms with Gasteiger partial charge in [-0.1, -0.05) is 6.07 Å². The predicted octanol–water partition coefficient (Wildman–Crippen LogP) is 1.45. The molecule has 0 spiro atoms. The van der Waals surface area contributed by atoms with Gasteiger partial charge in [0.05, 0.1) is 10.8 Å². The summed E-state index contributed by atoms with van der Waals surface area (Å²) in [5.74, 6) is 0.472. The summed E-state index contributed by atoms with van der Waals surface area (Å²) in [4.78, 5) is 29.3. The number of piperidine rings is 1. The Morgan fingerprint density at radius 1 is 1.18 bits per heavy atom. The third-order valence-electron chi connectivity index (χ3n) is 4.26. The van der Waals surface area contributed by atoms with Gasteiger partial charge in [0.1, 0.15) is 0 Å². The van der Waals surface area contributed by atoms with Crippen LogP contribution in [0.4, 0.5) is 0 Å². The molecule has 3 heterocycles. The molecule has 0 aliphatic carbocycles. The summed E-state index contributed by atoms with van der Waals surface area (Å²) < 4.78 is 0. The molecule has 1 atom stereocenters. The van der Waals surface area contributed by atoms with E-state index in [9.17, 15) is 9.59 Å². The molecule has 22 heavy (non-hydrogen) atoms. The Balaban J connectivity index is 0.00000176. The number of amides is 2. The van der Waals surface area contributed by atoms with Crippen LogP contribution in [0.1, 0.15) is 22.5 Å². The maximum atomic E-state index is 12.4. The zero-order valence-corrected chi connectivity index (χ0v) is 14.1. The van der Waals surface area contributed by atoms with Gasteiger partial charge in [0.25, 0.3) is 5.91 Å². The van der Waals surface area contributed by atoms with Crippen molar-refractivity contribution in [3.05, 3.63) is 22.4 Å². The van der Waals surface area contributed by atoms with Gasteiger partial charge in [-0.25, -0.2) is 0 Å². The summed E-state index contributed by atoms with van der Waals surface area (Å²) in [5.41, 5.74) is 0. The highest BCUT2D eigenvalue weighted by Gasteiger charge is 2.30. The number of hydrogen-bond acceptors (Lipinski definition) is 4. The van der Waals surface area contributed by atoms with Crippen molar-refractivity contribution in [1.29, 1.82) is 0 Å². The van der Waals surface area contributed by atoms with Crippen LogP contribution >= 0.6 is 23.7 Å². The molecule has 2 fully saturated rings. The average molecular weight is 344 g/mol. The highest BCUT2D eigenvalue weighted by molar-refractivity contribution is 7.12. The van der Waals surface area contributed by atoms with E-state index in [4.69, 9.17) is 0 Å². The highest BCUT2D eigenvalue weighted by atomic mass is 35.5.